The maximum absolute atomic E-state index is 12.6. The number of nitrogens with one attached hydrogen (secondary N) is 1. The van der Waals surface area contributed by atoms with Crippen molar-refractivity contribution in [1.82, 2.24) is 4.57 Å². The molecule has 0 saturated heterocycles. The molecule has 1 N–H and O–H groups in total. The SMILES string of the molecule is Cc1cc(C#N)ccc1S(=O)(=O)Nc1ccc2c(ccc(=O)n2C)c1. The maximum Gasteiger partial charge on any atom is 0.262 e. The van der Waals surface area contributed by atoms with E-state index >= 15 is 0 Å². The van der Waals surface area contributed by atoms with E-state index in [1.807, 2.05) is 6.07 Å². The van der Waals surface area contributed by atoms with Crippen molar-refractivity contribution in [3.63, 3.8) is 0 Å². The lowest BCUT2D eigenvalue weighted by atomic mass is 10.2. The molecule has 0 radical (unpaired) electrons. The Morgan fingerprint density at radius 2 is 1.84 bits per heavy atom. The number of fused-ring (bicyclic) bond motifs is 1. The van der Waals surface area contributed by atoms with Crippen LogP contribution in [0.25, 0.3) is 10.9 Å². The van der Waals surface area contributed by atoms with Crippen molar-refractivity contribution in [2.75, 3.05) is 4.72 Å². The summed E-state index contributed by atoms with van der Waals surface area (Å²) in [4.78, 5) is 11.8. The molecular weight excluding hydrogens is 338 g/mol. The first-order valence-electron chi connectivity index (χ1n) is 7.45. The van der Waals surface area contributed by atoms with Crippen LogP contribution in [0.2, 0.25) is 0 Å². The standard InChI is InChI=1S/C18H15N3O3S/c1-12-9-13(11-19)3-7-17(12)25(23,24)20-15-5-6-16-14(10-15)4-8-18(22)21(16)2/h3-10,20H,1-2H3. The fourth-order valence-corrected chi connectivity index (χ4v) is 3.96. The third-order valence-electron chi connectivity index (χ3n) is 3.97. The fourth-order valence-electron chi connectivity index (χ4n) is 2.68. The zero-order chi connectivity index (χ0) is 18.2. The molecule has 3 rings (SSSR count). The molecule has 3 aromatic rings. The Bertz CT molecular complexity index is 1190. The van der Waals surface area contributed by atoms with E-state index in [-0.39, 0.29) is 10.5 Å². The molecule has 0 saturated carbocycles. The van der Waals surface area contributed by atoms with Crippen LogP contribution < -0.4 is 10.3 Å². The molecule has 0 amide bonds. The van der Waals surface area contributed by atoms with E-state index < -0.39 is 10.0 Å². The van der Waals surface area contributed by atoms with Gasteiger partial charge >= 0.3 is 0 Å². The van der Waals surface area contributed by atoms with Crippen LogP contribution in [0.5, 0.6) is 0 Å². The summed E-state index contributed by atoms with van der Waals surface area (Å²) in [5, 5.41) is 9.64. The second-order valence-electron chi connectivity index (χ2n) is 5.70. The molecule has 2 aromatic carbocycles. The van der Waals surface area contributed by atoms with Gasteiger partial charge in [0.05, 0.1) is 22.0 Å². The molecule has 0 unspecified atom stereocenters. The van der Waals surface area contributed by atoms with E-state index in [9.17, 15) is 13.2 Å². The largest absolute Gasteiger partial charge is 0.311 e. The minimum Gasteiger partial charge on any atom is -0.311 e. The minimum absolute atomic E-state index is 0.118. The number of nitrogens with zero attached hydrogens (tertiary/aromatic N) is 2. The summed E-state index contributed by atoms with van der Waals surface area (Å²) >= 11 is 0. The number of sulfonamides is 1. The summed E-state index contributed by atoms with van der Waals surface area (Å²) in [5.74, 6) is 0. The second-order valence-corrected chi connectivity index (χ2v) is 7.35. The summed E-state index contributed by atoms with van der Waals surface area (Å²) in [7, 11) is -2.12. The highest BCUT2D eigenvalue weighted by Crippen LogP contribution is 2.23. The van der Waals surface area contributed by atoms with Crippen LogP contribution in [0.3, 0.4) is 0 Å². The van der Waals surface area contributed by atoms with Crippen LogP contribution in [0, 0.1) is 18.3 Å². The molecule has 0 fully saturated rings. The summed E-state index contributed by atoms with van der Waals surface area (Å²) in [5.41, 5.74) is 1.88. The van der Waals surface area contributed by atoms with Gasteiger partial charge in [-0.1, -0.05) is 0 Å². The van der Waals surface area contributed by atoms with Gasteiger partial charge in [-0.3, -0.25) is 9.52 Å². The van der Waals surface area contributed by atoms with Crippen molar-refractivity contribution in [2.45, 2.75) is 11.8 Å². The predicted molar refractivity (Wildman–Crippen MR) is 95.9 cm³/mol. The zero-order valence-electron chi connectivity index (χ0n) is 13.6. The lowest BCUT2D eigenvalue weighted by Crippen LogP contribution is -2.16. The van der Waals surface area contributed by atoms with Crippen molar-refractivity contribution in [2.24, 2.45) is 7.05 Å². The number of nitriles is 1. The van der Waals surface area contributed by atoms with Crippen LogP contribution in [0.1, 0.15) is 11.1 Å². The Balaban J connectivity index is 2.01. The Hall–Kier alpha value is -3.11. The molecule has 0 aliphatic heterocycles. The molecule has 1 heterocycles. The summed E-state index contributed by atoms with van der Waals surface area (Å²) in [6.07, 6.45) is 0. The van der Waals surface area contributed by atoms with Crippen LogP contribution in [-0.4, -0.2) is 13.0 Å². The highest BCUT2D eigenvalue weighted by atomic mass is 32.2. The average Bonchev–Trinajstić information content (AvgIpc) is 2.57. The number of hydrogen-bond acceptors (Lipinski definition) is 4. The molecule has 0 aliphatic rings. The van der Waals surface area contributed by atoms with Crippen LogP contribution in [0.15, 0.2) is 58.2 Å². The Labute approximate surface area is 145 Å². The average molecular weight is 353 g/mol. The van der Waals surface area contributed by atoms with Crippen LogP contribution in [0.4, 0.5) is 5.69 Å². The van der Waals surface area contributed by atoms with Crippen molar-refractivity contribution in [1.29, 1.82) is 5.26 Å². The molecule has 0 bridgehead atoms. The van der Waals surface area contributed by atoms with Gasteiger partial charge in [0, 0.05) is 24.2 Å². The number of anilines is 1. The highest BCUT2D eigenvalue weighted by Gasteiger charge is 2.17. The van der Waals surface area contributed by atoms with Crippen molar-refractivity contribution < 1.29 is 8.42 Å². The Morgan fingerprint density at radius 1 is 1.08 bits per heavy atom. The van der Waals surface area contributed by atoms with Gasteiger partial charge in [0.25, 0.3) is 15.6 Å². The number of aryl methyl sites for hydroxylation is 2. The molecule has 0 aliphatic carbocycles. The van der Waals surface area contributed by atoms with Gasteiger partial charge in [-0.25, -0.2) is 8.42 Å². The minimum atomic E-state index is -3.78. The monoisotopic (exact) mass is 353 g/mol. The molecule has 126 valence electrons. The lowest BCUT2D eigenvalue weighted by Gasteiger charge is -2.12. The zero-order valence-corrected chi connectivity index (χ0v) is 14.5. The van der Waals surface area contributed by atoms with Crippen molar-refractivity contribution in [3.05, 3.63) is 70.0 Å². The summed E-state index contributed by atoms with van der Waals surface area (Å²) in [6, 6.07) is 14.5. The fraction of sp³-hybridized carbons (Fsp3) is 0.111. The van der Waals surface area contributed by atoms with E-state index in [0.29, 0.717) is 22.3 Å². The van der Waals surface area contributed by atoms with E-state index in [2.05, 4.69) is 4.72 Å². The second kappa shape index (κ2) is 6.07. The number of hydrogen-bond donors (Lipinski definition) is 1. The van der Waals surface area contributed by atoms with E-state index in [1.165, 1.54) is 28.8 Å². The quantitative estimate of drug-likeness (QED) is 0.783. The third-order valence-corrected chi connectivity index (χ3v) is 5.51. The van der Waals surface area contributed by atoms with E-state index in [4.69, 9.17) is 5.26 Å². The first kappa shape index (κ1) is 16.7. The molecule has 0 atom stereocenters. The van der Waals surface area contributed by atoms with Crippen LogP contribution >= 0.6 is 0 Å². The van der Waals surface area contributed by atoms with Crippen molar-refractivity contribution >= 4 is 26.6 Å². The normalized spacial score (nSPS) is 11.2. The first-order valence-corrected chi connectivity index (χ1v) is 8.93. The number of aromatic nitrogens is 1. The summed E-state index contributed by atoms with van der Waals surface area (Å²) < 4.78 is 29.3. The molecule has 7 heteroatoms. The number of pyridine rings is 1. The molecule has 0 spiro atoms. The smallest absolute Gasteiger partial charge is 0.262 e. The number of benzene rings is 2. The van der Waals surface area contributed by atoms with E-state index in [1.54, 1.807) is 38.2 Å². The predicted octanol–water partition coefficient (Wildman–Crippen LogP) is 2.52. The Kier molecular flexibility index (Phi) is 4.07. The first-order chi connectivity index (χ1) is 11.8. The van der Waals surface area contributed by atoms with Gasteiger partial charge in [-0.2, -0.15) is 5.26 Å². The molecule has 1 aromatic heterocycles. The maximum atomic E-state index is 12.6. The molecule has 25 heavy (non-hydrogen) atoms. The third kappa shape index (κ3) is 3.12. The molecule has 6 nitrogen and oxygen atoms in total. The Morgan fingerprint density at radius 3 is 2.52 bits per heavy atom. The van der Waals surface area contributed by atoms with Gasteiger partial charge in [-0.05, 0) is 55.0 Å². The van der Waals surface area contributed by atoms with E-state index in [0.717, 1.165) is 5.39 Å². The topological polar surface area (TPSA) is 92.0 Å². The van der Waals surface area contributed by atoms with Gasteiger partial charge in [0.1, 0.15) is 0 Å². The van der Waals surface area contributed by atoms with Gasteiger partial charge in [0.15, 0.2) is 0 Å². The van der Waals surface area contributed by atoms with Gasteiger partial charge in [-0.15, -0.1) is 0 Å². The summed E-state index contributed by atoms with van der Waals surface area (Å²) in [6.45, 7) is 1.64. The highest BCUT2D eigenvalue weighted by molar-refractivity contribution is 7.92. The van der Waals surface area contributed by atoms with Crippen molar-refractivity contribution in [3.8, 4) is 6.07 Å². The number of rotatable bonds is 3. The molecular formula is C18H15N3O3S. The van der Waals surface area contributed by atoms with Gasteiger partial charge < -0.3 is 4.57 Å². The van der Waals surface area contributed by atoms with Gasteiger partial charge in [0.2, 0.25) is 0 Å². The lowest BCUT2D eigenvalue weighted by molar-refractivity contribution is 0.600. The van der Waals surface area contributed by atoms with Crippen LogP contribution in [-0.2, 0) is 17.1 Å².